The second-order valence-corrected chi connectivity index (χ2v) is 6.00. The van der Waals surface area contributed by atoms with Gasteiger partial charge in [0, 0.05) is 37.7 Å². The molecule has 0 saturated carbocycles. The molecule has 0 radical (unpaired) electrons. The van der Waals surface area contributed by atoms with Gasteiger partial charge in [-0.2, -0.15) is 0 Å². The Morgan fingerprint density at radius 3 is 2.50 bits per heavy atom. The predicted molar refractivity (Wildman–Crippen MR) is 93.4 cm³/mol. The molecule has 1 aliphatic heterocycles. The number of carbonyl (C=O) groups is 1. The summed E-state index contributed by atoms with van der Waals surface area (Å²) in [5, 5.41) is 0.806. The molecule has 0 aliphatic carbocycles. The van der Waals surface area contributed by atoms with Crippen molar-refractivity contribution in [2.24, 2.45) is 5.73 Å². The van der Waals surface area contributed by atoms with E-state index in [4.69, 9.17) is 17.3 Å². The van der Waals surface area contributed by atoms with Crippen LogP contribution in [0.3, 0.4) is 0 Å². The number of nitrogens with zero attached hydrogens (tertiary/aromatic N) is 2. The van der Waals surface area contributed by atoms with E-state index in [-0.39, 0.29) is 24.4 Å². The third-order valence-corrected chi connectivity index (χ3v) is 4.32. The van der Waals surface area contributed by atoms with Gasteiger partial charge in [0.2, 0.25) is 5.91 Å². The molecule has 0 spiro atoms. The van der Waals surface area contributed by atoms with Gasteiger partial charge in [-0.25, -0.2) is 0 Å². The average molecular weight is 346 g/mol. The van der Waals surface area contributed by atoms with Crippen molar-refractivity contribution in [3.05, 3.63) is 34.9 Å². The summed E-state index contributed by atoms with van der Waals surface area (Å²) in [5.41, 5.74) is 7.05. The van der Waals surface area contributed by atoms with Gasteiger partial charge < -0.3 is 10.6 Å². The van der Waals surface area contributed by atoms with E-state index >= 15 is 0 Å². The third-order valence-electron chi connectivity index (χ3n) is 3.95. The van der Waals surface area contributed by atoms with Crippen LogP contribution in [0.4, 0.5) is 0 Å². The van der Waals surface area contributed by atoms with E-state index in [1.54, 1.807) is 0 Å². The summed E-state index contributed by atoms with van der Waals surface area (Å²) >= 11 is 6.19. The normalized spacial score (nSPS) is 17.0. The molecule has 1 aromatic rings. The van der Waals surface area contributed by atoms with Gasteiger partial charge in [0.1, 0.15) is 0 Å². The van der Waals surface area contributed by atoms with Gasteiger partial charge in [0.05, 0.1) is 6.04 Å². The van der Waals surface area contributed by atoms with Crippen LogP contribution in [0.1, 0.15) is 25.3 Å². The minimum Gasteiger partial charge on any atom is -0.339 e. The maximum absolute atomic E-state index is 12.2. The predicted octanol–water partition coefficient (Wildman–Crippen LogP) is 2.53. The van der Waals surface area contributed by atoms with Crippen LogP contribution in [0, 0.1) is 0 Å². The summed E-state index contributed by atoms with van der Waals surface area (Å²) in [5.74, 6) is 0.0919. The van der Waals surface area contributed by atoms with Gasteiger partial charge in [-0.15, -0.1) is 12.4 Å². The van der Waals surface area contributed by atoms with Gasteiger partial charge >= 0.3 is 0 Å². The zero-order chi connectivity index (χ0) is 15.2. The van der Waals surface area contributed by atoms with Gasteiger partial charge in [-0.3, -0.25) is 9.69 Å². The SMILES string of the molecule is CCCC(N)C(=O)N1CCN(Cc2ccccc2Cl)CC1.Cl. The van der Waals surface area contributed by atoms with Crippen molar-refractivity contribution in [3.63, 3.8) is 0 Å². The first-order chi connectivity index (χ1) is 10.1. The topological polar surface area (TPSA) is 49.6 Å². The molecular formula is C16H25Cl2N3O. The van der Waals surface area contributed by atoms with E-state index in [9.17, 15) is 4.79 Å². The number of hydrogen-bond donors (Lipinski definition) is 1. The highest BCUT2D eigenvalue weighted by atomic mass is 35.5. The zero-order valence-electron chi connectivity index (χ0n) is 13.0. The van der Waals surface area contributed by atoms with Crippen LogP contribution in [0.25, 0.3) is 0 Å². The summed E-state index contributed by atoms with van der Waals surface area (Å²) < 4.78 is 0. The Balaban J connectivity index is 0.00000242. The Morgan fingerprint density at radius 1 is 1.27 bits per heavy atom. The Kier molecular flexibility index (Phi) is 8.18. The van der Waals surface area contributed by atoms with E-state index in [0.717, 1.165) is 56.2 Å². The molecule has 4 nitrogen and oxygen atoms in total. The monoisotopic (exact) mass is 345 g/mol. The fourth-order valence-electron chi connectivity index (χ4n) is 2.66. The van der Waals surface area contributed by atoms with Crippen LogP contribution in [0.15, 0.2) is 24.3 Å². The molecule has 1 heterocycles. The molecule has 0 bridgehead atoms. The Hall–Kier alpha value is -0.810. The molecule has 1 fully saturated rings. The van der Waals surface area contributed by atoms with Gasteiger partial charge in [0.15, 0.2) is 0 Å². The first-order valence-corrected chi connectivity index (χ1v) is 7.99. The molecule has 2 N–H and O–H groups in total. The van der Waals surface area contributed by atoms with Crippen molar-refractivity contribution in [3.8, 4) is 0 Å². The van der Waals surface area contributed by atoms with Crippen LogP contribution >= 0.6 is 24.0 Å². The quantitative estimate of drug-likeness (QED) is 0.891. The highest BCUT2D eigenvalue weighted by Crippen LogP contribution is 2.18. The van der Waals surface area contributed by atoms with Crippen LogP contribution in [-0.4, -0.2) is 47.9 Å². The van der Waals surface area contributed by atoms with Crippen LogP contribution in [-0.2, 0) is 11.3 Å². The van der Waals surface area contributed by atoms with Crippen molar-refractivity contribution in [1.29, 1.82) is 0 Å². The Labute approximate surface area is 144 Å². The number of amides is 1. The summed E-state index contributed by atoms with van der Waals surface area (Å²) in [7, 11) is 0. The minimum absolute atomic E-state index is 0. The zero-order valence-corrected chi connectivity index (χ0v) is 14.6. The van der Waals surface area contributed by atoms with E-state index in [0.29, 0.717) is 0 Å². The van der Waals surface area contributed by atoms with Crippen molar-refractivity contribution >= 4 is 29.9 Å². The van der Waals surface area contributed by atoms with Crippen molar-refractivity contribution in [1.82, 2.24) is 9.80 Å². The standard InChI is InChI=1S/C16H24ClN3O.ClH/c1-2-5-15(18)16(21)20-10-8-19(9-11-20)12-13-6-3-4-7-14(13)17;/h3-4,6-7,15H,2,5,8-12,18H2,1H3;1H. The van der Waals surface area contributed by atoms with Crippen LogP contribution in [0.2, 0.25) is 5.02 Å². The molecule has 1 amide bonds. The third kappa shape index (κ3) is 5.13. The van der Waals surface area contributed by atoms with Crippen LogP contribution in [0.5, 0.6) is 0 Å². The fourth-order valence-corrected chi connectivity index (χ4v) is 2.86. The Bertz CT molecular complexity index is 476. The number of piperazine rings is 1. The number of carbonyl (C=O) groups excluding carboxylic acids is 1. The smallest absolute Gasteiger partial charge is 0.239 e. The molecule has 6 heteroatoms. The van der Waals surface area contributed by atoms with E-state index < -0.39 is 0 Å². The maximum atomic E-state index is 12.2. The highest BCUT2D eigenvalue weighted by Gasteiger charge is 2.24. The molecule has 1 atom stereocenters. The summed E-state index contributed by atoms with van der Waals surface area (Å²) in [6.45, 7) is 6.13. The van der Waals surface area contributed by atoms with Gasteiger partial charge in [-0.1, -0.05) is 43.1 Å². The maximum Gasteiger partial charge on any atom is 0.239 e. The summed E-state index contributed by atoms with van der Waals surface area (Å²) in [6, 6.07) is 7.57. The molecule has 1 aromatic carbocycles. The largest absolute Gasteiger partial charge is 0.339 e. The number of halogens is 2. The molecule has 1 aliphatic rings. The van der Waals surface area contributed by atoms with Gasteiger partial charge in [-0.05, 0) is 18.1 Å². The number of rotatable bonds is 5. The second kappa shape index (κ2) is 9.36. The lowest BCUT2D eigenvalue weighted by molar-refractivity contribution is -0.134. The number of hydrogen-bond acceptors (Lipinski definition) is 3. The average Bonchev–Trinajstić information content (AvgIpc) is 2.50. The van der Waals surface area contributed by atoms with E-state index in [1.807, 2.05) is 23.1 Å². The number of nitrogens with two attached hydrogens (primary N) is 1. The lowest BCUT2D eigenvalue weighted by atomic mass is 10.1. The van der Waals surface area contributed by atoms with Crippen molar-refractivity contribution in [2.75, 3.05) is 26.2 Å². The van der Waals surface area contributed by atoms with Crippen molar-refractivity contribution in [2.45, 2.75) is 32.4 Å². The molecule has 0 aromatic heterocycles. The minimum atomic E-state index is -0.342. The highest BCUT2D eigenvalue weighted by molar-refractivity contribution is 6.31. The van der Waals surface area contributed by atoms with E-state index in [1.165, 1.54) is 0 Å². The first-order valence-electron chi connectivity index (χ1n) is 7.62. The molecule has 124 valence electrons. The second-order valence-electron chi connectivity index (χ2n) is 5.59. The molecule has 22 heavy (non-hydrogen) atoms. The molecule has 1 saturated heterocycles. The first kappa shape index (κ1) is 19.2. The fraction of sp³-hybridized carbons (Fsp3) is 0.562. The van der Waals surface area contributed by atoms with Gasteiger partial charge in [0.25, 0.3) is 0 Å². The number of benzene rings is 1. The Morgan fingerprint density at radius 2 is 1.91 bits per heavy atom. The van der Waals surface area contributed by atoms with Crippen molar-refractivity contribution < 1.29 is 4.79 Å². The summed E-state index contributed by atoms with van der Waals surface area (Å²) in [6.07, 6.45) is 1.71. The van der Waals surface area contributed by atoms with E-state index in [2.05, 4.69) is 17.9 Å². The van der Waals surface area contributed by atoms with Crippen LogP contribution < -0.4 is 5.73 Å². The lowest BCUT2D eigenvalue weighted by Gasteiger charge is -2.36. The molecule has 2 rings (SSSR count). The lowest BCUT2D eigenvalue weighted by Crippen LogP contribution is -2.52. The molecule has 1 unspecified atom stereocenters. The molecular weight excluding hydrogens is 321 g/mol. The summed E-state index contributed by atoms with van der Waals surface area (Å²) in [4.78, 5) is 16.4.